The van der Waals surface area contributed by atoms with E-state index in [1.165, 1.54) is 16.3 Å². The molecule has 34 heavy (non-hydrogen) atoms. The van der Waals surface area contributed by atoms with E-state index in [0.29, 0.717) is 0 Å². The highest BCUT2D eigenvalue weighted by Gasteiger charge is 2.38. The maximum Gasteiger partial charge on any atom is 0.168 e. The van der Waals surface area contributed by atoms with Gasteiger partial charge in [-0.3, -0.25) is 0 Å². The highest BCUT2D eigenvalue weighted by Crippen LogP contribution is 2.59. The summed E-state index contributed by atoms with van der Waals surface area (Å²) in [6.07, 6.45) is 6.00. The molecule has 0 saturated heterocycles. The summed E-state index contributed by atoms with van der Waals surface area (Å²) < 4.78 is 15.5. The standard InChI is InChI=1S/C32H25OP/c1-3-4-11-22(2)34(33)29-17-10-9-16-27(29)28-20-18-23-12-5-7-14-25(23)31(28)32-26-15-8-6-13-24(26)19-21-30(32)34/h3-21H,1-2H3/b4-3-,22-11+. The first-order valence-electron chi connectivity index (χ1n) is 11.7. The highest BCUT2D eigenvalue weighted by atomic mass is 31.2. The zero-order valence-electron chi connectivity index (χ0n) is 19.3. The monoisotopic (exact) mass is 456 g/mol. The van der Waals surface area contributed by atoms with Crippen molar-refractivity contribution in [1.82, 2.24) is 0 Å². The summed E-state index contributed by atoms with van der Waals surface area (Å²) in [7, 11) is -3.11. The van der Waals surface area contributed by atoms with Crippen LogP contribution in [-0.4, -0.2) is 0 Å². The molecule has 5 aromatic carbocycles. The predicted octanol–water partition coefficient (Wildman–Crippen LogP) is 8.43. The Morgan fingerprint density at radius 3 is 2.00 bits per heavy atom. The lowest BCUT2D eigenvalue weighted by Crippen LogP contribution is -2.18. The minimum Gasteiger partial charge on any atom is -0.309 e. The van der Waals surface area contributed by atoms with Crippen molar-refractivity contribution in [1.29, 1.82) is 0 Å². The summed E-state index contributed by atoms with van der Waals surface area (Å²) in [4.78, 5) is 0. The average molecular weight is 457 g/mol. The Kier molecular flexibility index (Phi) is 4.90. The molecule has 0 aliphatic carbocycles. The second-order valence-electron chi connectivity index (χ2n) is 8.85. The van der Waals surface area contributed by atoms with Gasteiger partial charge in [-0.05, 0) is 63.5 Å². The van der Waals surface area contributed by atoms with Gasteiger partial charge in [0.2, 0.25) is 0 Å². The number of rotatable bonds is 2. The minimum atomic E-state index is -3.11. The quantitative estimate of drug-likeness (QED) is 0.192. The highest BCUT2D eigenvalue weighted by molar-refractivity contribution is 7.83. The van der Waals surface area contributed by atoms with Gasteiger partial charge in [-0.25, -0.2) is 0 Å². The van der Waals surface area contributed by atoms with Crippen LogP contribution in [0.1, 0.15) is 13.8 Å². The van der Waals surface area contributed by atoms with Crippen molar-refractivity contribution < 1.29 is 4.57 Å². The molecule has 1 heterocycles. The van der Waals surface area contributed by atoms with Gasteiger partial charge in [0.05, 0.1) is 0 Å². The van der Waals surface area contributed by atoms with E-state index in [1.807, 2.05) is 38.1 Å². The Morgan fingerprint density at radius 2 is 1.26 bits per heavy atom. The van der Waals surface area contributed by atoms with Crippen LogP contribution >= 0.6 is 7.14 Å². The molecular formula is C32H25OP. The molecule has 0 aromatic heterocycles. The summed E-state index contributed by atoms with van der Waals surface area (Å²) in [5, 5.41) is 7.42. The molecule has 0 saturated carbocycles. The Balaban J connectivity index is 1.91. The largest absolute Gasteiger partial charge is 0.309 e. The lowest BCUT2D eigenvalue weighted by Gasteiger charge is -2.23. The van der Waals surface area contributed by atoms with Crippen molar-refractivity contribution in [3.05, 3.63) is 121 Å². The van der Waals surface area contributed by atoms with Gasteiger partial charge >= 0.3 is 0 Å². The number of allylic oxidation sites excluding steroid dienone is 4. The lowest BCUT2D eigenvalue weighted by atomic mass is 9.87. The summed E-state index contributed by atoms with van der Waals surface area (Å²) >= 11 is 0. The molecule has 2 heteroatoms. The molecule has 0 radical (unpaired) electrons. The van der Waals surface area contributed by atoms with E-state index in [-0.39, 0.29) is 0 Å². The van der Waals surface area contributed by atoms with E-state index in [9.17, 15) is 0 Å². The zero-order valence-corrected chi connectivity index (χ0v) is 20.2. The van der Waals surface area contributed by atoms with E-state index in [0.717, 1.165) is 43.4 Å². The average Bonchev–Trinajstić information content (AvgIpc) is 2.99. The van der Waals surface area contributed by atoms with Gasteiger partial charge in [-0.1, -0.05) is 109 Å². The molecule has 1 aliphatic rings. The summed E-state index contributed by atoms with van der Waals surface area (Å²) in [5.41, 5.74) is 4.47. The topological polar surface area (TPSA) is 17.1 Å². The maximum atomic E-state index is 15.5. The van der Waals surface area contributed by atoms with Gasteiger partial charge in [0.1, 0.15) is 0 Å². The Labute approximate surface area is 200 Å². The van der Waals surface area contributed by atoms with Crippen LogP contribution in [0.25, 0.3) is 43.8 Å². The third-order valence-corrected chi connectivity index (χ3v) is 10.2. The molecule has 1 aliphatic heterocycles. The Morgan fingerprint density at radius 1 is 0.647 bits per heavy atom. The number of fused-ring (bicyclic) bond motifs is 9. The van der Waals surface area contributed by atoms with Gasteiger partial charge < -0.3 is 4.57 Å². The van der Waals surface area contributed by atoms with Crippen molar-refractivity contribution in [3.63, 3.8) is 0 Å². The van der Waals surface area contributed by atoms with Crippen molar-refractivity contribution in [3.8, 4) is 22.3 Å². The molecule has 0 N–H and O–H groups in total. The van der Waals surface area contributed by atoms with Gasteiger partial charge in [-0.15, -0.1) is 0 Å². The molecule has 0 fully saturated rings. The molecule has 1 nitrogen and oxygen atoms in total. The SMILES string of the molecule is C/C=C\C=C(/C)P1(=O)c2ccccc2-c2ccc3ccccc3c2-c2c1ccc1ccccc21. The van der Waals surface area contributed by atoms with Crippen LogP contribution in [0.15, 0.2) is 121 Å². The van der Waals surface area contributed by atoms with Crippen LogP contribution in [0.3, 0.4) is 0 Å². The molecule has 1 atom stereocenters. The van der Waals surface area contributed by atoms with E-state index in [1.54, 1.807) is 0 Å². The number of hydrogen-bond acceptors (Lipinski definition) is 1. The van der Waals surface area contributed by atoms with E-state index >= 15 is 4.57 Å². The number of benzene rings is 5. The molecule has 0 spiro atoms. The van der Waals surface area contributed by atoms with Gasteiger partial charge in [0, 0.05) is 16.2 Å². The van der Waals surface area contributed by atoms with Crippen molar-refractivity contribution in [2.45, 2.75) is 13.8 Å². The van der Waals surface area contributed by atoms with E-state index in [2.05, 4.69) is 91.0 Å². The second kappa shape index (κ2) is 7.97. The molecule has 1 unspecified atom stereocenters. The fraction of sp³-hybridized carbons (Fsp3) is 0.0625. The first-order chi connectivity index (χ1) is 16.6. The third kappa shape index (κ3) is 2.91. The molecule has 6 rings (SSSR count). The fourth-order valence-electron chi connectivity index (χ4n) is 5.38. The summed E-state index contributed by atoms with van der Waals surface area (Å²) in [6, 6.07) is 33.9. The van der Waals surface area contributed by atoms with Crippen LogP contribution < -0.4 is 10.6 Å². The van der Waals surface area contributed by atoms with Crippen molar-refractivity contribution in [2.75, 3.05) is 0 Å². The maximum absolute atomic E-state index is 15.5. The van der Waals surface area contributed by atoms with Crippen LogP contribution in [0.4, 0.5) is 0 Å². The van der Waals surface area contributed by atoms with Crippen LogP contribution in [0, 0.1) is 0 Å². The lowest BCUT2D eigenvalue weighted by molar-refractivity contribution is 0.590. The zero-order chi connectivity index (χ0) is 23.3. The predicted molar refractivity (Wildman–Crippen MR) is 148 cm³/mol. The second-order valence-corrected chi connectivity index (χ2v) is 11.7. The van der Waals surface area contributed by atoms with Crippen molar-refractivity contribution in [2.24, 2.45) is 0 Å². The molecule has 164 valence electrons. The minimum absolute atomic E-state index is 0.895. The number of hydrogen-bond donors (Lipinski definition) is 0. The van der Waals surface area contributed by atoms with Crippen LogP contribution in [0.5, 0.6) is 0 Å². The Hall–Kier alpha value is -3.67. The Bertz CT molecular complexity index is 1700. The van der Waals surface area contributed by atoms with Crippen molar-refractivity contribution >= 4 is 39.3 Å². The van der Waals surface area contributed by atoms with Crippen LogP contribution in [-0.2, 0) is 4.57 Å². The smallest absolute Gasteiger partial charge is 0.168 e. The molecule has 0 bridgehead atoms. The first-order valence-corrected chi connectivity index (χ1v) is 13.4. The summed E-state index contributed by atoms with van der Waals surface area (Å²) in [5.74, 6) is 0. The molecule has 0 amide bonds. The van der Waals surface area contributed by atoms with E-state index < -0.39 is 7.14 Å². The molecule has 5 aromatic rings. The van der Waals surface area contributed by atoms with E-state index in [4.69, 9.17) is 0 Å². The van der Waals surface area contributed by atoms with Gasteiger partial charge in [0.15, 0.2) is 7.14 Å². The molecular weight excluding hydrogens is 431 g/mol. The fourth-order valence-corrected chi connectivity index (χ4v) is 8.35. The third-order valence-electron chi connectivity index (χ3n) is 6.99. The van der Waals surface area contributed by atoms with Gasteiger partial charge in [0.25, 0.3) is 0 Å². The first kappa shape index (κ1) is 20.9. The normalized spacial score (nSPS) is 17.4. The summed E-state index contributed by atoms with van der Waals surface area (Å²) in [6.45, 7) is 4.01. The van der Waals surface area contributed by atoms with Gasteiger partial charge in [-0.2, -0.15) is 0 Å². The van der Waals surface area contributed by atoms with Crippen LogP contribution in [0.2, 0.25) is 0 Å².